The molecule has 0 aliphatic carbocycles. The fourth-order valence-electron chi connectivity index (χ4n) is 5.23. The number of nitrogens with zero attached hydrogens (tertiary/aromatic N) is 3. The Morgan fingerprint density at radius 2 is 1.74 bits per heavy atom. The van der Waals surface area contributed by atoms with Crippen LogP contribution in [0.2, 0.25) is 0 Å². The molecule has 2 heterocycles. The number of piperidine rings is 1. The number of hydrogen-bond acceptors (Lipinski definition) is 4. The number of hydrogen-bond donors (Lipinski definition) is 0. The predicted octanol–water partition coefficient (Wildman–Crippen LogP) is 6.02. The monoisotopic (exact) mass is 459 g/mol. The van der Waals surface area contributed by atoms with E-state index >= 15 is 0 Å². The van der Waals surface area contributed by atoms with Gasteiger partial charge in [-0.2, -0.15) is 0 Å². The van der Waals surface area contributed by atoms with Crippen molar-refractivity contribution in [1.29, 1.82) is 0 Å². The normalized spacial score (nSPS) is 18.0. The average molecular weight is 460 g/mol. The van der Waals surface area contributed by atoms with E-state index in [0.717, 1.165) is 49.6 Å². The summed E-state index contributed by atoms with van der Waals surface area (Å²) in [6, 6.07) is 22.8. The highest BCUT2D eigenvalue weighted by Crippen LogP contribution is 2.40. The molecule has 1 atom stereocenters. The zero-order valence-electron chi connectivity index (χ0n) is 20.2. The van der Waals surface area contributed by atoms with Gasteiger partial charge in [0.2, 0.25) is 0 Å². The van der Waals surface area contributed by atoms with E-state index in [0.29, 0.717) is 11.6 Å². The average Bonchev–Trinajstić information content (AvgIpc) is 3.02. The van der Waals surface area contributed by atoms with Crippen molar-refractivity contribution in [3.8, 4) is 5.75 Å². The van der Waals surface area contributed by atoms with E-state index < -0.39 is 0 Å². The van der Waals surface area contributed by atoms with Crippen LogP contribution in [0, 0.1) is 5.82 Å². The van der Waals surface area contributed by atoms with Crippen LogP contribution in [-0.2, 0) is 13.0 Å². The first kappa shape index (κ1) is 22.7. The first-order chi connectivity index (χ1) is 16.6. The Labute approximate surface area is 202 Å². The lowest BCUT2D eigenvalue weighted by Gasteiger charge is -2.39. The summed E-state index contributed by atoms with van der Waals surface area (Å²) in [6.45, 7) is 3.24. The lowest BCUT2D eigenvalue weighted by Crippen LogP contribution is -2.46. The zero-order valence-corrected chi connectivity index (χ0v) is 20.2. The number of halogens is 1. The molecule has 2 aliphatic rings. The van der Waals surface area contributed by atoms with Crippen molar-refractivity contribution < 1.29 is 9.13 Å². The first-order valence-corrected chi connectivity index (χ1v) is 12.4. The summed E-state index contributed by atoms with van der Waals surface area (Å²) < 4.78 is 20.8. The maximum atomic E-state index is 14.8. The molecule has 4 nitrogen and oxygen atoms in total. The van der Waals surface area contributed by atoms with Crippen molar-refractivity contribution >= 4 is 17.1 Å². The van der Waals surface area contributed by atoms with Gasteiger partial charge in [0.05, 0.1) is 11.4 Å². The second kappa shape index (κ2) is 10.1. The minimum Gasteiger partial charge on any atom is -0.487 e. The van der Waals surface area contributed by atoms with Crippen LogP contribution in [0.25, 0.3) is 0 Å². The van der Waals surface area contributed by atoms with Gasteiger partial charge in [-0.1, -0.05) is 36.8 Å². The summed E-state index contributed by atoms with van der Waals surface area (Å²) in [4.78, 5) is 7.06. The van der Waals surface area contributed by atoms with E-state index in [2.05, 4.69) is 59.1 Å². The van der Waals surface area contributed by atoms with Gasteiger partial charge < -0.3 is 14.5 Å². The number of ether oxygens (including phenoxy) is 1. The van der Waals surface area contributed by atoms with E-state index in [9.17, 15) is 4.39 Å². The third-order valence-corrected chi connectivity index (χ3v) is 7.20. The standard InChI is InChI=1S/C29H34FN3O/c1-31(2)23-15-13-22(14-16-23)17-19-32-18-6-5-8-24(32)20-33-27-11-7-9-26(30)25(27)21-34-29-12-4-3-10-28(29)33/h3-4,7,9-16,24H,5-6,8,17-21H2,1-2H3/t24-/m1/s1. The minimum absolute atomic E-state index is 0.197. The molecule has 5 heteroatoms. The van der Waals surface area contributed by atoms with Crippen LogP contribution in [0.15, 0.2) is 66.7 Å². The number of fused-ring (bicyclic) bond motifs is 2. The summed E-state index contributed by atoms with van der Waals surface area (Å²) >= 11 is 0. The van der Waals surface area contributed by atoms with Gasteiger partial charge in [-0.25, -0.2) is 4.39 Å². The van der Waals surface area contributed by atoms with Crippen molar-refractivity contribution in [2.24, 2.45) is 0 Å². The molecule has 3 aromatic rings. The highest BCUT2D eigenvalue weighted by Gasteiger charge is 2.29. The van der Waals surface area contributed by atoms with Crippen molar-refractivity contribution in [3.63, 3.8) is 0 Å². The van der Waals surface area contributed by atoms with Gasteiger partial charge in [0, 0.05) is 44.5 Å². The molecule has 0 radical (unpaired) electrons. The SMILES string of the molecule is CN(C)c1ccc(CCN2CCCC[C@@H]2CN2c3ccccc3OCc3c(F)cccc32)cc1. The number of rotatable bonds is 6. The smallest absolute Gasteiger partial charge is 0.143 e. The molecule has 0 unspecified atom stereocenters. The molecular formula is C29H34FN3O. The third-order valence-electron chi connectivity index (χ3n) is 7.20. The fourth-order valence-corrected chi connectivity index (χ4v) is 5.23. The predicted molar refractivity (Wildman–Crippen MR) is 138 cm³/mol. The number of anilines is 3. The fraction of sp³-hybridized carbons (Fsp3) is 0.379. The van der Waals surface area contributed by atoms with E-state index in [4.69, 9.17) is 4.74 Å². The molecular weight excluding hydrogens is 425 g/mol. The Balaban J connectivity index is 1.37. The van der Waals surface area contributed by atoms with Crippen molar-refractivity contribution in [1.82, 2.24) is 4.90 Å². The zero-order chi connectivity index (χ0) is 23.5. The highest BCUT2D eigenvalue weighted by atomic mass is 19.1. The van der Waals surface area contributed by atoms with Crippen LogP contribution >= 0.6 is 0 Å². The lowest BCUT2D eigenvalue weighted by molar-refractivity contribution is 0.154. The Kier molecular flexibility index (Phi) is 6.73. The van der Waals surface area contributed by atoms with E-state index in [1.165, 1.54) is 30.2 Å². The molecule has 0 saturated carbocycles. The molecule has 0 bridgehead atoms. The van der Waals surface area contributed by atoms with Crippen LogP contribution < -0.4 is 14.5 Å². The maximum Gasteiger partial charge on any atom is 0.143 e. The van der Waals surface area contributed by atoms with Gasteiger partial charge in [0.25, 0.3) is 0 Å². The van der Waals surface area contributed by atoms with Crippen molar-refractivity contribution in [3.05, 3.63) is 83.7 Å². The molecule has 178 valence electrons. The second-order valence-corrected chi connectivity index (χ2v) is 9.60. The molecule has 34 heavy (non-hydrogen) atoms. The highest BCUT2D eigenvalue weighted by molar-refractivity contribution is 5.73. The summed E-state index contributed by atoms with van der Waals surface area (Å²) in [5, 5.41) is 0. The van der Waals surface area contributed by atoms with Crippen LogP contribution in [0.5, 0.6) is 5.75 Å². The Morgan fingerprint density at radius 1 is 0.941 bits per heavy atom. The minimum atomic E-state index is -0.197. The molecule has 0 N–H and O–H groups in total. The van der Waals surface area contributed by atoms with Crippen LogP contribution in [0.1, 0.15) is 30.4 Å². The molecule has 1 saturated heterocycles. The molecule has 5 rings (SSSR count). The summed E-state index contributed by atoms with van der Waals surface area (Å²) in [5.74, 6) is 0.624. The van der Waals surface area contributed by atoms with Gasteiger partial charge in [-0.3, -0.25) is 4.90 Å². The van der Waals surface area contributed by atoms with E-state index in [-0.39, 0.29) is 12.4 Å². The molecule has 3 aromatic carbocycles. The second-order valence-electron chi connectivity index (χ2n) is 9.60. The number of benzene rings is 3. The van der Waals surface area contributed by atoms with E-state index in [1.807, 2.05) is 30.3 Å². The topological polar surface area (TPSA) is 19.0 Å². The third kappa shape index (κ3) is 4.76. The van der Waals surface area contributed by atoms with Crippen molar-refractivity contribution in [2.75, 3.05) is 43.5 Å². The Bertz CT molecular complexity index is 1110. The van der Waals surface area contributed by atoms with Gasteiger partial charge in [-0.05, 0) is 67.8 Å². The van der Waals surface area contributed by atoms with Crippen LogP contribution in [0.3, 0.4) is 0 Å². The molecule has 0 amide bonds. The molecule has 0 aromatic heterocycles. The summed E-state index contributed by atoms with van der Waals surface area (Å²) in [6.07, 6.45) is 4.67. The van der Waals surface area contributed by atoms with Gasteiger partial charge in [0.1, 0.15) is 18.2 Å². The molecule has 2 aliphatic heterocycles. The molecule has 0 spiro atoms. The largest absolute Gasteiger partial charge is 0.487 e. The van der Waals surface area contributed by atoms with Crippen molar-refractivity contribution in [2.45, 2.75) is 38.3 Å². The summed E-state index contributed by atoms with van der Waals surface area (Å²) in [7, 11) is 4.15. The Morgan fingerprint density at radius 3 is 2.56 bits per heavy atom. The van der Waals surface area contributed by atoms with Crippen LogP contribution in [0.4, 0.5) is 21.5 Å². The Hall–Kier alpha value is -3.05. The van der Waals surface area contributed by atoms with Crippen LogP contribution in [-0.4, -0.2) is 44.7 Å². The molecule has 1 fully saturated rings. The maximum absolute atomic E-state index is 14.8. The van der Waals surface area contributed by atoms with Gasteiger partial charge in [-0.15, -0.1) is 0 Å². The van der Waals surface area contributed by atoms with Gasteiger partial charge >= 0.3 is 0 Å². The number of para-hydroxylation sites is 2. The lowest BCUT2D eigenvalue weighted by atomic mass is 9.99. The number of likely N-dealkylation sites (tertiary alicyclic amines) is 1. The first-order valence-electron chi connectivity index (χ1n) is 12.4. The van der Waals surface area contributed by atoms with E-state index in [1.54, 1.807) is 0 Å². The summed E-state index contributed by atoms with van der Waals surface area (Å²) in [5.41, 5.74) is 5.19. The van der Waals surface area contributed by atoms with Gasteiger partial charge in [0.15, 0.2) is 0 Å². The quantitative estimate of drug-likeness (QED) is 0.449.